The fraction of sp³-hybridized carbons (Fsp3) is 0.138. The van der Waals surface area contributed by atoms with Gasteiger partial charge in [0.2, 0.25) is 0 Å². The molecule has 602 valence electrons. The minimum atomic E-state index is 0.560. The molecule has 0 aliphatic rings. The van der Waals surface area contributed by atoms with Crippen molar-refractivity contribution in [2.24, 2.45) is 0 Å². The first-order valence-corrected chi connectivity index (χ1v) is 43.3. The SMILES string of the molecule is Cc1ccc(C)c(N(c2ccc3cc4c(cc3c2)oc2c(C)c(Cc3cccc(N(c5ccc6cc7c(cc6c5)oc5c(C)c(C)c6oc8cc9cc(N(c%10ccccc%10)c%10c(C)cccc%10C)ccc9cc8c6c57)c5c(C)cccc5C)c3)c3oc5cc6cc(N(c7cc(C)ccc7C)c7cc(C)ccc7C)ccc6cc5c3c24)c2cc(C)ccc2C)c1. The maximum absolute atomic E-state index is 7.62. The summed E-state index contributed by atoms with van der Waals surface area (Å²) in [5.74, 6) is 0. The van der Waals surface area contributed by atoms with E-state index in [0.717, 1.165) is 221 Å². The smallest absolute Gasteiger partial charge is 0.140 e. The second-order valence-electron chi connectivity index (χ2n) is 35.3. The number of rotatable bonds is 14. The van der Waals surface area contributed by atoms with Gasteiger partial charge in [0, 0.05) is 112 Å². The van der Waals surface area contributed by atoms with Crippen molar-refractivity contribution in [1.29, 1.82) is 0 Å². The summed E-state index contributed by atoms with van der Waals surface area (Å²) in [5, 5.41) is 17.3. The number of nitrogens with zero attached hydrogens (tertiary/aromatic N) is 4. The fourth-order valence-electron chi connectivity index (χ4n) is 20.1. The largest absolute Gasteiger partial charge is 0.456 e. The molecule has 0 unspecified atom stereocenters. The van der Waals surface area contributed by atoms with Gasteiger partial charge in [-0.05, 0) is 382 Å². The molecular formula is C116H94N4O4. The lowest BCUT2D eigenvalue weighted by Gasteiger charge is -2.29. The zero-order chi connectivity index (χ0) is 84.7. The summed E-state index contributed by atoms with van der Waals surface area (Å²) in [4.78, 5) is 9.71. The van der Waals surface area contributed by atoms with Crippen molar-refractivity contribution < 1.29 is 17.7 Å². The van der Waals surface area contributed by atoms with E-state index in [1.807, 2.05) is 0 Å². The van der Waals surface area contributed by atoms with Crippen LogP contribution in [0.4, 0.5) is 68.2 Å². The molecule has 22 rings (SSSR count). The second-order valence-corrected chi connectivity index (χ2v) is 35.3. The van der Waals surface area contributed by atoms with Crippen LogP contribution in [0.15, 0.2) is 303 Å². The molecule has 0 saturated carbocycles. The van der Waals surface area contributed by atoms with Crippen molar-refractivity contribution in [2.75, 3.05) is 19.6 Å². The van der Waals surface area contributed by atoms with E-state index in [1.54, 1.807) is 0 Å². The molecule has 18 aromatic carbocycles. The van der Waals surface area contributed by atoms with Gasteiger partial charge in [-0.15, -0.1) is 0 Å². The van der Waals surface area contributed by atoms with Gasteiger partial charge in [0.25, 0.3) is 0 Å². The van der Waals surface area contributed by atoms with Gasteiger partial charge in [-0.2, -0.15) is 0 Å². The Hall–Kier alpha value is -14.6. The van der Waals surface area contributed by atoms with Gasteiger partial charge < -0.3 is 37.3 Å². The molecule has 4 heterocycles. The predicted molar refractivity (Wildman–Crippen MR) is 525 cm³/mol. The van der Waals surface area contributed by atoms with E-state index in [-0.39, 0.29) is 0 Å². The van der Waals surface area contributed by atoms with Crippen molar-refractivity contribution in [1.82, 2.24) is 0 Å². The second kappa shape index (κ2) is 28.8. The molecule has 124 heavy (non-hydrogen) atoms. The molecule has 8 nitrogen and oxygen atoms in total. The van der Waals surface area contributed by atoms with Crippen LogP contribution in [0.5, 0.6) is 0 Å². The van der Waals surface area contributed by atoms with E-state index < -0.39 is 0 Å². The van der Waals surface area contributed by atoms with Crippen LogP contribution in [0.2, 0.25) is 0 Å². The molecule has 0 aliphatic carbocycles. The number of aryl methyl sites for hydroxylation is 15. The summed E-state index contributed by atoms with van der Waals surface area (Å²) in [6.45, 7) is 33.0. The number of anilines is 12. The minimum Gasteiger partial charge on any atom is -0.456 e. The lowest BCUT2D eigenvalue weighted by molar-refractivity contribution is 0.656. The quantitative estimate of drug-likeness (QED) is 0.107. The molecule has 4 aromatic heterocycles. The summed E-state index contributed by atoms with van der Waals surface area (Å²) in [5.41, 5.74) is 40.0. The average Bonchev–Trinajstić information content (AvgIpc) is 1.55. The van der Waals surface area contributed by atoms with E-state index in [9.17, 15) is 0 Å². The van der Waals surface area contributed by atoms with Gasteiger partial charge in [-0.1, -0.05) is 140 Å². The van der Waals surface area contributed by atoms with Gasteiger partial charge in [-0.25, -0.2) is 0 Å². The first kappa shape index (κ1) is 75.6. The highest BCUT2D eigenvalue weighted by Crippen LogP contribution is 2.53. The summed E-state index contributed by atoms with van der Waals surface area (Å²) < 4.78 is 29.4. The van der Waals surface area contributed by atoms with E-state index in [4.69, 9.17) is 17.7 Å². The fourth-order valence-corrected chi connectivity index (χ4v) is 20.1. The van der Waals surface area contributed by atoms with E-state index in [2.05, 4.69) is 409 Å². The molecular weight excluding hydrogens is 1510 g/mol. The van der Waals surface area contributed by atoms with Crippen LogP contribution in [0.25, 0.3) is 131 Å². The van der Waals surface area contributed by atoms with Crippen LogP contribution in [0.1, 0.15) is 94.6 Å². The molecule has 0 bridgehead atoms. The third-order valence-electron chi connectivity index (χ3n) is 26.7. The van der Waals surface area contributed by atoms with Crippen molar-refractivity contribution in [3.63, 3.8) is 0 Å². The lowest BCUT2D eigenvalue weighted by Crippen LogP contribution is -2.13. The number of hydrogen-bond donors (Lipinski definition) is 0. The van der Waals surface area contributed by atoms with E-state index in [1.165, 1.54) is 72.4 Å². The van der Waals surface area contributed by atoms with E-state index >= 15 is 0 Å². The molecule has 22 aromatic rings. The maximum atomic E-state index is 7.62. The molecule has 0 aliphatic heterocycles. The third-order valence-corrected chi connectivity index (χ3v) is 26.7. The Morgan fingerprint density at radius 1 is 0.210 bits per heavy atom. The summed E-state index contributed by atoms with van der Waals surface area (Å²) >= 11 is 0. The molecule has 0 spiro atoms. The van der Waals surface area contributed by atoms with Gasteiger partial charge in [0.05, 0.1) is 11.4 Å². The van der Waals surface area contributed by atoms with Gasteiger partial charge in [0.15, 0.2) is 0 Å². The summed E-state index contributed by atoms with van der Waals surface area (Å²) in [7, 11) is 0. The van der Waals surface area contributed by atoms with Crippen molar-refractivity contribution in [2.45, 2.75) is 110 Å². The average molecular weight is 1610 g/mol. The maximum Gasteiger partial charge on any atom is 0.140 e. The zero-order valence-corrected chi connectivity index (χ0v) is 72.8. The van der Waals surface area contributed by atoms with Gasteiger partial charge in [-0.3, -0.25) is 0 Å². The monoisotopic (exact) mass is 1610 g/mol. The van der Waals surface area contributed by atoms with Crippen LogP contribution >= 0.6 is 0 Å². The highest BCUT2D eigenvalue weighted by Gasteiger charge is 2.30. The molecule has 0 saturated heterocycles. The van der Waals surface area contributed by atoms with Crippen LogP contribution < -0.4 is 19.6 Å². The van der Waals surface area contributed by atoms with Gasteiger partial charge in [0.1, 0.15) is 44.7 Å². The molecule has 0 atom stereocenters. The Balaban J connectivity index is 0.684. The normalized spacial score (nSPS) is 12.0. The summed E-state index contributed by atoms with van der Waals surface area (Å²) in [6.07, 6.45) is 0.560. The molecule has 0 radical (unpaired) electrons. The summed E-state index contributed by atoms with van der Waals surface area (Å²) in [6, 6.07) is 106. The first-order valence-electron chi connectivity index (χ1n) is 43.3. The number of furan rings is 4. The zero-order valence-electron chi connectivity index (χ0n) is 72.8. The third kappa shape index (κ3) is 12.2. The van der Waals surface area contributed by atoms with Crippen molar-refractivity contribution in [3.8, 4) is 0 Å². The minimum absolute atomic E-state index is 0.560. The Bertz CT molecular complexity index is 8170. The number of para-hydroxylation sites is 3. The van der Waals surface area contributed by atoms with Crippen molar-refractivity contribution >= 4 is 199 Å². The number of hydrogen-bond acceptors (Lipinski definition) is 8. The topological polar surface area (TPSA) is 65.5 Å². The first-order chi connectivity index (χ1) is 60.1. The Morgan fingerprint density at radius 3 is 0.871 bits per heavy atom. The van der Waals surface area contributed by atoms with Crippen LogP contribution in [-0.2, 0) is 6.42 Å². The predicted octanol–water partition coefficient (Wildman–Crippen LogP) is 34.0. The number of benzene rings is 18. The lowest BCUT2D eigenvalue weighted by atomic mass is 9.93. The van der Waals surface area contributed by atoms with Gasteiger partial charge >= 0.3 is 0 Å². The molecule has 0 N–H and O–H groups in total. The van der Waals surface area contributed by atoms with Crippen LogP contribution in [-0.4, -0.2) is 0 Å². The standard InChI is InChI=1S/C116H94N4O4/c1-64-30-34-68(5)99(46-64)119(100-47-65(2)31-35-69(100)6)92-44-40-82-58-97-105(62-86(82)54-92)123-115-78(15)94(116-110(109(97)115)98-59-83-41-45-93(55-87(83)63-106(98)124-116)120(101-48-66(3)32-36-70(101)7)102-49-67(4)33-37-71(102)8)51-79-26-21-29-89(50-79)118(112-74(11)24-20-25-75(112)12)91-43-39-81-57-96-104(61-85(81)53-91)122-114-77(14)76(13)113-107(108(96)114)95-56-80-38-42-90(52-84(80)60-103(95)121-113)117(88-27-17-16-18-28-88)111-72(9)22-19-23-73(111)10/h16-50,52-63H,51H2,1-15H3. The highest BCUT2D eigenvalue weighted by atomic mass is 16.3. The Kier molecular flexibility index (Phi) is 17.6. The Labute approximate surface area is 721 Å². The Morgan fingerprint density at radius 2 is 0.508 bits per heavy atom. The van der Waals surface area contributed by atoms with Crippen LogP contribution in [0.3, 0.4) is 0 Å². The molecule has 0 amide bonds. The van der Waals surface area contributed by atoms with E-state index in [0.29, 0.717) is 6.42 Å². The molecule has 0 fully saturated rings. The molecule has 8 heteroatoms. The van der Waals surface area contributed by atoms with Crippen molar-refractivity contribution in [3.05, 3.63) is 380 Å². The highest BCUT2D eigenvalue weighted by molar-refractivity contribution is 6.31. The number of fused-ring (bicyclic) bond motifs is 18. The van der Waals surface area contributed by atoms with Crippen LogP contribution in [0, 0.1) is 104 Å².